The summed E-state index contributed by atoms with van der Waals surface area (Å²) in [6, 6.07) is 13.0. The second kappa shape index (κ2) is 7.17. The number of methoxy groups -OCH3 is 1. The molecule has 1 unspecified atom stereocenters. The third kappa shape index (κ3) is 3.56. The van der Waals surface area contributed by atoms with Crippen LogP contribution in [0.5, 0.6) is 5.75 Å². The van der Waals surface area contributed by atoms with Crippen molar-refractivity contribution in [1.29, 1.82) is 0 Å². The highest BCUT2D eigenvalue weighted by Crippen LogP contribution is 2.32. The van der Waals surface area contributed by atoms with Gasteiger partial charge in [0.2, 0.25) is 11.8 Å². The summed E-state index contributed by atoms with van der Waals surface area (Å²) < 4.78 is 5.25. The summed E-state index contributed by atoms with van der Waals surface area (Å²) in [6.07, 6.45) is 0. The Labute approximate surface area is 142 Å². The van der Waals surface area contributed by atoms with E-state index in [1.54, 1.807) is 31.4 Å². The van der Waals surface area contributed by atoms with E-state index in [0.717, 1.165) is 16.8 Å². The first kappa shape index (κ1) is 17.5. The van der Waals surface area contributed by atoms with Gasteiger partial charge < -0.3 is 10.5 Å². The molecule has 0 saturated carbocycles. The van der Waals surface area contributed by atoms with Crippen LogP contribution in [0.3, 0.4) is 0 Å². The number of carbonyl (C=O) groups is 2. The van der Waals surface area contributed by atoms with Crippen molar-refractivity contribution in [3.63, 3.8) is 0 Å². The van der Waals surface area contributed by atoms with Gasteiger partial charge >= 0.3 is 0 Å². The molecule has 2 aromatic rings. The number of rotatable bonds is 5. The van der Waals surface area contributed by atoms with E-state index in [1.165, 1.54) is 11.8 Å². The lowest BCUT2D eigenvalue weighted by Crippen LogP contribution is -2.38. The van der Waals surface area contributed by atoms with Gasteiger partial charge in [-0.15, -0.1) is 0 Å². The maximum atomic E-state index is 12.9. The summed E-state index contributed by atoms with van der Waals surface area (Å²) in [5, 5.41) is 0. The molecule has 0 fully saturated rings. The second-order valence-electron chi connectivity index (χ2n) is 5.79. The molecular weight excluding hydrogens is 304 g/mol. The molecule has 0 heterocycles. The van der Waals surface area contributed by atoms with Crippen LogP contribution >= 0.6 is 0 Å². The Morgan fingerprint density at radius 2 is 1.83 bits per heavy atom. The predicted molar refractivity (Wildman–Crippen MR) is 94.4 cm³/mol. The molecule has 0 radical (unpaired) electrons. The van der Waals surface area contributed by atoms with Gasteiger partial charge in [0, 0.05) is 6.07 Å². The third-order valence-electron chi connectivity index (χ3n) is 3.93. The average Bonchev–Trinajstić information content (AvgIpc) is 2.57. The Hall–Kier alpha value is -2.82. The SMILES string of the molecule is COc1cccc(N(C(=O)C(C)C(N)=O)c2cc(C)ccc2C)c1. The number of carbonyl (C=O) groups excluding carboxylic acids is 2. The van der Waals surface area contributed by atoms with Crippen molar-refractivity contribution in [2.45, 2.75) is 20.8 Å². The van der Waals surface area contributed by atoms with Crippen molar-refractivity contribution in [3.8, 4) is 5.75 Å². The maximum Gasteiger partial charge on any atom is 0.243 e. The minimum atomic E-state index is -0.934. The van der Waals surface area contributed by atoms with Crippen LogP contribution in [-0.2, 0) is 9.59 Å². The van der Waals surface area contributed by atoms with Gasteiger partial charge in [-0.25, -0.2) is 0 Å². The number of aryl methyl sites for hydroxylation is 2. The molecule has 0 bridgehead atoms. The number of nitrogens with zero attached hydrogens (tertiary/aromatic N) is 1. The summed E-state index contributed by atoms with van der Waals surface area (Å²) in [7, 11) is 1.56. The standard InChI is InChI=1S/C19H22N2O3/c1-12-8-9-13(2)17(10-12)21(19(23)14(3)18(20)22)15-6-5-7-16(11-15)24-4/h5-11,14H,1-4H3,(H2,20,22). The first-order valence-electron chi connectivity index (χ1n) is 7.69. The van der Waals surface area contributed by atoms with Gasteiger partial charge in [0.05, 0.1) is 18.5 Å². The zero-order valence-corrected chi connectivity index (χ0v) is 14.4. The van der Waals surface area contributed by atoms with Crippen LogP contribution in [0.25, 0.3) is 0 Å². The number of ether oxygens (including phenoxy) is 1. The largest absolute Gasteiger partial charge is 0.497 e. The maximum absolute atomic E-state index is 12.9. The van der Waals surface area contributed by atoms with Gasteiger partial charge in [-0.3, -0.25) is 14.5 Å². The van der Waals surface area contributed by atoms with E-state index in [2.05, 4.69) is 0 Å². The summed E-state index contributed by atoms with van der Waals surface area (Å²) in [4.78, 5) is 26.0. The van der Waals surface area contributed by atoms with Crippen LogP contribution in [0.15, 0.2) is 42.5 Å². The molecule has 0 spiro atoms. The Kier molecular flexibility index (Phi) is 5.24. The summed E-state index contributed by atoms with van der Waals surface area (Å²) >= 11 is 0. The fraction of sp³-hybridized carbons (Fsp3) is 0.263. The van der Waals surface area contributed by atoms with Crippen LogP contribution in [0.2, 0.25) is 0 Å². The fourth-order valence-corrected chi connectivity index (χ4v) is 2.41. The van der Waals surface area contributed by atoms with Crippen LogP contribution in [0.1, 0.15) is 18.1 Å². The molecule has 126 valence electrons. The molecule has 0 saturated heterocycles. The highest BCUT2D eigenvalue weighted by molar-refractivity contribution is 6.11. The Balaban J connectivity index is 2.62. The van der Waals surface area contributed by atoms with Gasteiger partial charge in [-0.1, -0.05) is 18.2 Å². The highest BCUT2D eigenvalue weighted by Gasteiger charge is 2.28. The van der Waals surface area contributed by atoms with E-state index in [4.69, 9.17) is 10.5 Å². The molecule has 5 heteroatoms. The van der Waals surface area contributed by atoms with Gasteiger partial charge in [-0.05, 0) is 50.1 Å². The summed E-state index contributed by atoms with van der Waals surface area (Å²) in [5.74, 6) is -1.33. The topological polar surface area (TPSA) is 72.6 Å². The second-order valence-corrected chi connectivity index (χ2v) is 5.79. The van der Waals surface area contributed by atoms with Gasteiger partial charge in [-0.2, -0.15) is 0 Å². The molecule has 0 aliphatic carbocycles. The lowest BCUT2D eigenvalue weighted by molar-refractivity contribution is -0.130. The lowest BCUT2D eigenvalue weighted by Gasteiger charge is -2.27. The van der Waals surface area contributed by atoms with E-state index >= 15 is 0 Å². The molecule has 0 aliphatic rings. The van der Waals surface area contributed by atoms with E-state index in [0.29, 0.717) is 11.4 Å². The molecule has 1 atom stereocenters. The van der Waals surface area contributed by atoms with Crippen molar-refractivity contribution in [3.05, 3.63) is 53.6 Å². The zero-order valence-electron chi connectivity index (χ0n) is 14.4. The number of primary amides is 1. The molecule has 2 rings (SSSR count). The van der Waals surface area contributed by atoms with E-state index in [-0.39, 0.29) is 5.91 Å². The first-order chi connectivity index (χ1) is 11.3. The monoisotopic (exact) mass is 326 g/mol. The van der Waals surface area contributed by atoms with Crippen molar-refractivity contribution in [2.75, 3.05) is 12.0 Å². The van der Waals surface area contributed by atoms with Crippen molar-refractivity contribution in [2.24, 2.45) is 11.7 Å². The lowest BCUT2D eigenvalue weighted by atomic mass is 10.0. The quantitative estimate of drug-likeness (QED) is 0.858. The fourth-order valence-electron chi connectivity index (χ4n) is 2.41. The number of amides is 2. The van der Waals surface area contributed by atoms with E-state index < -0.39 is 11.8 Å². The molecule has 24 heavy (non-hydrogen) atoms. The molecule has 2 aromatic carbocycles. The van der Waals surface area contributed by atoms with E-state index in [1.807, 2.05) is 32.0 Å². The number of hydrogen-bond acceptors (Lipinski definition) is 3. The van der Waals surface area contributed by atoms with Crippen LogP contribution < -0.4 is 15.4 Å². The first-order valence-corrected chi connectivity index (χ1v) is 7.69. The highest BCUT2D eigenvalue weighted by atomic mass is 16.5. The number of hydrogen-bond donors (Lipinski definition) is 1. The molecule has 2 N–H and O–H groups in total. The van der Waals surface area contributed by atoms with Crippen LogP contribution in [-0.4, -0.2) is 18.9 Å². The number of nitrogens with two attached hydrogens (primary N) is 1. The number of anilines is 2. The molecule has 5 nitrogen and oxygen atoms in total. The zero-order chi connectivity index (χ0) is 17.9. The summed E-state index contributed by atoms with van der Waals surface area (Å²) in [6.45, 7) is 5.39. The average molecular weight is 326 g/mol. The van der Waals surface area contributed by atoms with Crippen molar-refractivity contribution >= 4 is 23.2 Å². The van der Waals surface area contributed by atoms with Crippen molar-refractivity contribution < 1.29 is 14.3 Å². The molecule has 2 amide bonds. The number of benzene rings is 2. The van der Waals surface area contributed by atoms with Crippen molar-refractivity contribution in [1.82, 2.24) is 0 Å². The Bertz CT molecular complexity index is 771. The summed E-state index contributed by atoms with van der Waals surface area (Å²) in [5.41, 5.74) is 8.63. The van der Waals surface area contributed by atoms with Gasteiger partial charge in [0.25, 0.3) is 0 Å². The third-order valence-corrected chi connectivity index (χ3v) is 3.93. The van der Waals surface area contributed by atoms with E-state index in [9.17, 15) is 9.59 Å². The Morgan fingerprint density at radius 1 is 1.12 bits per heavy atom. The smallest absolute Gasteiger partial charge is 0.243 e. The Morgan fingerprint density at radius 3 is 2.46 bits per heavy atom. The normalized spacial score (nSPS) is 11.7. The van der Waals surface area contributed by atoms with Gasteiger partial charge in [0.15, 0.2) is 0 Å². The predicted octanol–water partition coefficient (Wildman–Crippen LogP) is 3.10. The van der Waals surface area contributed by atoms with Gasteiger partial charge in [0.1, 0.15) is 11.7 Å². The minimum Gasteiger partial charge on any atom is -0.497 e. The van der Waals surface area contributed by atoms with Crippen LogP contribution in [0.4, 0.5) is 11.4 Å². The van der Waals surface area contributed by atoms with Crippen LogP contribution in [0, 0.1) is 19.8 Å². The molecule has 0 aliphatic heterocycles. The molecular formula is C19H22N2O3. The minimum absolute atomic E-state index is 0.371. The molecule has 0 aromatic heterocycles.